The van der Waals surface area contributed by atoms with Gasteiger partial charge in [0, 0.05) is 5.41 Å². The van der Waals surface area contributed by atoms with Crippen molar-refractivity contribution in [2.75, 3.05) is 6.61 Å². The molecule has 0 spiro atoms. The van der Waals surface area contributed by atoms with Gasteiger partial charge in [-0.05, 0) is 68.1 Å². The number of carbonyl (C=O) groups is 1. The molecule has 0 aliphatic heterocycles. The van der Waals surface area contributed by atoms with Crippen molar-refractivity contribution in [2.24, 2.45) is 28.6 Å². The van der Waals surface area contributed by atoms with E-state index in [1.165, 1.54) is 5.57 Å². The van der Waals surface area contributed by atoms with Crippen molar-refractivity contribution in [3.05, 3.63) is 11.6 Å². The maximum absolute atomic E-state index is 12.4. The maximum atomic E-state index is 12.4. The number of ketones is 1. The zero-order chi connectivity index (χ0) is 18.9. The number of hydrogen-bond acceptors (Lipinski definition) is 5. The normalized spacial score (nSPS) is 53.3. The molecule has 0 heterocycles. The molecule has 0 aromatic heterocycles. The van der Waals surface area contributed by atoms with E-state index in [9.17, 15) is 25.2 Å². The summed E-state index contributed by atoms with van der Waals surface area (Å²) in [6.07, 6.45) is 6.09. The van der Waals surface area contributed by atoms with Crippen molar-refractivity contribution in [3.63, 3.8) is 0 Å². The number of rotatable bonds is 2. The summed E-state index contributed by atoms with van der Waals surface area (Å²) < 4.78 is 0. The Hall–Kier alpha value is -0.750. The Labute approximate surface area is 155 Å². The standard InChI is InChI=1S/C21H32O5/c1-19-7-5-13(23)9-12(19)3-4-14-15-6-8-21(26,17(25)11-22)20(15,2)10-16(24)18(14)19/h3,13-16,18,22-24,26H,4-11H2,1-2H3/t13-,14-,15+,16+,18+,19-,20-,21-/m0/s1. The molecule has 146 valence electrons. The van der Waals surface area contributed by atoms with Gasteiger partial charge in [-0.3, -0.25) is 4.79 Å². The smallest absolute Gasteiger partial charge is 0.190 e. The van der Waals surface area contributed by atoms with Crippen LogP contribution in [0, 0.1) is 28.6 Å². The van der Waals surface area contributed by atoms with E-state index in [4.69, 9.17) is 0 Å². The minimum Gasteiger partial charge on any atom is -0.393 e. The van der Waals surface area contributed by atoms with Crippen molar-refractivity contribution in [3.8, 4) is 0 Å². The van der Waals surface area contributed by atoms with Crippen molar-refractivity contribution >= 4 is 5.78 Å². The predicted molar refractivity (Wildman–Crippen MR) is 96.1 cm³/mol. The molecule has 0 aromatic rings. The predicted octanol–water partition coefficient (Wildman–Crippen LogP) is 1.57. The summed E-state index contributed by atoms with van der Waals surface area (Å²) in [4.78, 5) is 12.4. The second-order valence-corrected chi connectivity index (χ2v) is 9.74. The average molecular weight is 364 g/mol. The quantitative estimate of drug-likeness (QED) is 0.558. The number of aliphatic hydroxyl groups excluding tert-OH is 3. The lowest BCUT2D eigenvalue weighted by molar-refractivity contribution is -0.180. The molecule has 5 heteroatoms. The Balaban J connectivity index is 1.73. The van der Waals surface area contributed by atoms with Gasteiger partial charge in [0.2, 0.25) is 0 Å². The third-order valence-corrected chi connectivity index (χ3v) is 8.77. The monoisotopic (exact) mass is 364 g/mol. The molecule has 0 saturated heterocycles. The van der Waals surface area contributed by atoms with E-state index in [1.54, 1.807) is 0 Å². The van der Waals surface area contributed by atoms with Crippen molar-refractivity contribution in [1.29, 1.82) is 0 Å². The summed E-state index contributed by atoms with van der Waals surface area (Å²) in [5, 5.41) is 41.8. The van der Waals surface area contributed by atoms with Gasteiger partial charge in [0.05, 0.1) is 12.2 Å². The minimum absolute atomic E-state index is 0.107. The third kappa shape index (κ3) is 2.20. The number of fused-ring (bicyclic) bond motifs is 5. The first-order valence-electron chi connectivity index (χ1n) is 10.1. The Morgan fingerprint density at radius 3 is 2.65 bits per heavy atom. The molecular formula is C21H32O5. The van der Waals surface area contributed by atoms with Gasteiger partial charge in [0.15, 0.2) is 5.78 Å². The number of carbonyl (C=O) groups excluding carboxylic acids is 1. The third-order valence-electron chi connectivity index (χ3n) is 8.77. The first-order valence-corrected chi connectivity index (χ1v) is 10.1. The van der Waals surface area contributed by atoms with Gasteiger partial charge in [-0.25, -0.2) is 0 Å². The molecule has 8 atom stereocenters. The first-order chi connectivity index (χ1) is 12.2. The van der Waals surface area contributed by atoms with Gasteiger partial charge in [-0.2, -0.15) is 0 Å². The highest BCUT2D eigenvalue weighted by atomic mass is 16.3. The maximum Gasteiger partial charge on any atom is 0.190 e. The number of Topliss-reactive ketones (excluding diaryl/α,β-unsaturated/α-hetero) is 1. The van der Waals surface area contributed by atoms with Crippen molar-refractivity contribution in [1.82, 2.24) is 0 Å². The van der Waals surface area contributed by atoms with Crippen LogP contribution in [0.25, 0.3) is 0 Å². The molecule has 0 aromatic carbocycles. The molecule has 0 amide bonds. The van der Waals surface area contributed by atoms with Crippen LogP contribution in [0.5, 0.6) is 0 Å². The van der Waals surface area contributed by atoms with Gasteiger partial charge >= 0.3 is 0 Å². The SMILES string of the molecule is C[C@]12CC[C@H](O)CC1=CC[C@@H]1[C@@H]2[C@H](O)C[C@@]2(C)[C@@H]1CC[C@]2(O)C(=O)CO. The fraction of sp³-hybridized carbons (Fsp3) is 0.857. The molecule has 0 unspecified atom stereocenters. The van der Waals surface area contributed by atoms with Crippen LogP contribution in [0.4, 0.5) is 0 Å². The Morgan fingerprint density at radius 1 is 1.23 bits per heavy atom. The first kappa shape index (κ1) is 18.6. The molecule has 3 fully saturated rings. The van der Waals surface area contributed by atoms with Gasteiger partial charge < -0.3 is 20.4 Å². The van der Waals surface area contributed by atoms with Crippen LogP contribution in [0.3, 0.4) is 0 Å². The highest BCUT2D eigenvalue weighted by Gasteiger charge is 2.67. The van der Waals surface area contributed by atoms with E-state index < -0.39 is 29.5 Å². The summed E-state index contributed by atoms with van der Waals surface area (Å²) in [6, 6.07) is 0. The largest absolute Gasteiger partial charge is 0.393 e. The molecule has 5 nitrogen and oxygen atoms in total. The lowest BCUT2D eigenvalue weighted by Gasteiger charge is -2.60. The molecule has 3 saturated carbocycles. The topological polar surface area (TPSA) is 98.0 Å². The molecule has 0 bridgehead atoms. The van der Waals surface area contributed by atoms with Gasteiger partial charge in [-0.1, -0.05) is 25.5 Å². The number of aliphatic hydroxyl groups is 4. The fourth-order valence-corrected chi connectivity index (χ4v) is 7.37. The molecule has 4 aliphatic carbocycles. The van der Waals surface area contributed by atoms with Crippen LogP contribution in [0.1, 0.15) is 58.8 Å². The van der Waals surface area contributed by atoms with E-state index in [2.05, 4.69) is 13.0 Å². The van der Waals surface area contributed by atoms with Gasteiger partial charge in [0.25, 0.3) is 0 Å². The van der Waals surface area contributed by atoms with Crippen molar-refractivity contribution in [2.45, 2.75) is 76.6 Å². The second-order valence-electron chi connectivity index (χ2n) is 9.74. The van der Waals surface area contributed by atoms with Crippen LogP contribution in [0.15, 0.2) is 11.6 Å². The molecule has 26 heavy (non-hydrogen) atoms. The van der Waals surface area contributed by atoms with E-state index >= 15 is 0 Å². The van der Waals surface area contributed by atoms with Crippen LogP contribution in [0.2, 0.25) is 0 Å². The summed E-state index contributed by atoms with van der Waals surface area (Å²) in [7, 11) is 0. The van der Waals surface area contributed by atoms with Gasteiger partial charge in [-0.15, -0.1) is 0 Å². The summed E-state index contributed by atoms with van der Waals surface area (Å²) in [5.41, 5.74) is -1.06. The lowest BCUT2D eigenvalue weighted by atomic mass is 9.46. The number of allylic oxidation sites excluding steroid dienone is 1. The highest BCUT2D eigenvalue weighted by Crippen LogP contribution is 2.67. The lowest BCUT2D eigenvalue weighted by Crippen LogP contribution is -2.61. The Bertz CT molecular complexity index is 644. The second kappa shape index (κ2) is 5.87. The van der Waals surface area contributed by atoms with E-state index in [0.29, 0.717) is 19.3 Å². The number of hydrogen-bond donors (Lipinski definition) is 4. The van der Waals surface area contributed by atoms with Crippen LogP contribution in [-0.4, -0.2) is 50.6 Å². The summed E-state index contributed by atoms with van der Waals surface area (Å²) in [5.74, 6) is -0.00187. The zero-order valence-electron chi connectivity index (χ0n) is 15.8. The Kier molecular flexibility index (Phi) is 4.20. The van der Waals surface area contributed by atoms with Gasteiger partial charge in [0.1, 0.15) is 12.2 Å². The summed E-state index contributed by atoms with van der Waals surface area (Å²) in [6.45, 7) is 3.51. The highest BCUT2D eigenvalue weighted by molar-refractivity contribution is 5.89. The molecule has 0 radical (unpaired) electrons. The minimum atomic E-state index is -1.54. The molecule has 4 aliphatic rings. The van der Waals surface area contributed by atoms with Crippen LogP contribution < -0.4 is 0 Å². The van der Waals surface area contributed by atoms with E-state index in [0.717, 1.165) is 25.7 Å². The molecule has 4 N–H and O–H groups in total. The fourth-order valence-electron chi connectivity index (χ4n) is 7.37. The van der Waals surface area contributed by atoms with Crippen LogP contribution in [-0.2, 0) is 4.79 Å². The molecular weight excluding hydrogens is 332 g/mol. The molecule has 4 rings (SSSR count). The van der Waals surface area contributed by atoms with E-state index in [1.807, 2.05) is 6.92 Å². The zero-order valence-corrected chi connectivity index (χ0v) is 15.8. The van der Waals surface area contributed by atoms with Crippen molar-refractivity contribution < 1.29 is 25.2 Å². The average Bonchev–Trinajstić information content (AvgIpc) is 2.86. The summed E-state index contributed by atoms with van der Waals surface area (Å²) >= 11 is 0. The Morgan fingerprint density at radius 2 is 1.96 bits per heavy atom. The van der Waals surface area contributed by atoms with E-state index in [-0.39, 0.29) is 29.3 Å². The van der Waals surface area contributed by atoms with Crippen LogP contribution >= 0.6 is 0 Å².